The van der Waals surface area contributed by atoms with Gasteiger partial charge in [-0.3, -0.25) is 9.48 Å². The Morgan fingerprint density at radius 2 is 2.15 bits per heavy atom. The van der Waals surface area contributed by atoms with E-state index in [4.69, 9.17) is 0 Å². The Morgan fingerprint density at radius 1 is 1.45 bits per heavy atom. The van der Waals surface area contributed by atoms with Crippen molar-refractivity contribution in [1.82, 2.24) is 9.78 Å². The number of anilines is 1. The maximum Gasteiger partial charge on any atom is 0.249 e. The van der Waals surface area contributed by atoms with Crippen LogP contribution in [0.15, 0.2) is 33.3 Å². The molecular formula is C13H12Br2FN3O. The molecule has 0 aliphatic carbocycles. The second-order valence-electron chi connectivity index (χ2n) is 4.31. The zero-order valence-corrected chi connectivity index (χ0v) is 14.0. The number of carbonyl (C=O) groups is 1. The summed E-state index contributed by atoms with van der Waals surface area (Å²) in [7, 11) is 0. The standard InChI is InChI=1S/C13H12Br2FN3O/c1-7-10(15)6-17-19(7)8(2)13(20)18-12-4-3-9(14)5-11(12)16/h3-6,8H,1-2H3,(H,18,20). The molecule has 0 saturated heterocycles. The van der Waals surface area contributed by atoms with Crippen LogP contribution in [0.2, 0.25) is 0 Å². The zero-order valence-electron chi connectivity index (χ0n) is 10.8. The van der Waals surface area contributed by atoms with Gasteiger partial charge in [0.1, 0.15) is 11.9 Å². The maximum absolute atomic E-state index is 13.7. The number of nitrogens with zero attached hydrogens (tertiary/aromatic N) is 2. The summed E-state index contributed by atoms with van der Waals surface area (Å²) in [4.78, 5) is 12.1. The van der Waals surface area contributed by atoms with Gasteiger partial charge in [0.25, 0.3) is 0 Å². The van der Waals surface area contributed by atoms with Crippen molar-refractivity contribution < 1.29 is 9.18 Å². The van der Waals surface area contributed by atoms with E-state index in [1.165, 1.54) is 12.1 Å². The molecule has 0 radical (unpaired) electrons. The van der Waals surface area contributed by atoms with E-state index >= 15 is 0 Å². The lowest BCUT2D eigenvalue weighted by molar-refractivity contribution is -0.119. The first-order valence-corrected chi connectivity index (χ1v) is 7.44. The average Bonchev–Trinajstić information content (AvgIpc) is 2.72. The average molecular weight is 405 g/mol. The van der Waals surface area contributed by atoms with Crippen molar-refractivity contribution in [1.29, 1.82) is 0 Å². The fourth-order valence-corrected chi connectivity index (χ4v) is 2.34. The highest BCUT2D eigenvalue weighted by molar-refractivity contribution is 9.10. The van der Waals surface area contributed by atoms with Crippen LogP contribution in [-0.4, -0.2) is 15.7 Å². The third-order valence-corrected chi connectivity index (χ3v) is 4.19. The molecule has 106 valence electrons. The van der Waals surface area contributed by atoms with Gasteiger partial charge in [0.05, 0.1) is 22.1 Å². The van der Waals surface area contributed by atoms with Crippen LogP contribution in [0.5, 0.6) is 0 Å². The SMILES string of the molecule is Cc1c(Br)cnn1C(C)C(=O)Nc1ccc(Br)cc1F. The van der Waals surface area contributed by atoms with Crippen molar-refractivity contribution in [2.75, 3.05) is 5.32 Å². The lowest BCUT2D eigenvalue weighted by Crippen LogP contribution is -2.25. The van der Waals surface area contributed by atoms with Gasteiger partial charge in [-0.1, -0.05) is 15.9 Å². The molecule has 0 spiro atoms. The molecule has 1 aromatic carbocycles. The van der Waals surface area contributed by atoms with Crippen molar-refractivity contribution in [2.45, 2.75) is 19.9 Å². The molecule has 1 heterocycles. The Balaban J connectivity index is 2.17. The summed E-state index contributed by atoms with van der Waals surface area (Å²) >= 11 is 6.51. The topological polar surface area (TPSA) is 46.9 Å². The minimum atomic E-state index is -0.538. The van der Waals surface area contributed by atoms with Crippen LogP contribution in [0.1, 0.15) is 18.7 Å². The normalized spacial score (nSPS) is 12.2. The largest absolute Gasteiger partial charge is 0.322 e. The molecule has 7 heteroatoms. The first-order chi connectivity index (χ1) is 9.40. The molecular weight excluding hydrogens is 393 g/mol. The number of nitrogens with one attached hydrogen (secondary N) is 1. The van der Waals surface area contributed by atoms with Gasteiger partial charge >= 0.3 is 0 Å². The van der Waals surface area contributed by atoms with Crippen LogP contribution in [-0.2, 0) is 4.79 Å². The molecule has 2 aromatic rings. The Bertz CT molecular complexity index is 657. The first kappa shape index (κ1) is 15.2. The molecule has 1 N–H and O–H groups in total. The summed E-state index contributed by atoms with van der Waals surface area (Å²) in [5.74, 6) is -0.816. The van der Waals surface area contributed by atoms with Crippen molar-refractivity contribution >= 4 is 43.5 Å². The molecule has 0 fully saturated rings. The van der Waals surface area contributed by atoms with Gasteiger partial charge in [0.2, 0.25) is 5.91 Å². The van der Waals surface area contributed by atoms with Gasteiger partial charge in [-0.2, -0.15) is 5.10 Å². The van der Waals surface area contributed by atoms with E-state index in [0.29, 0.717) is 4.47 Å². The van der Waals surface area contributed by atoms with Crippen LogP contribution in [0.25, 0.3) is 0 Å². The fourth-order valence-electron chi connectivity index (χ4n) is 1.73. The lowest BCUT2D eigenvalue weighted by atomic mass is 10.2. The van der Waals surface area contributed by atoms with Crippen LogP contribution >= 0.6 is 31.9 Å². The molecule has 20 heavy (non-hydrogen) atoms. The second-order valence-corrected chi connectivity index (χ2v) is 6.08. The predicted octanol–water partition coefficient (Wildman–Crippen LogP) is 4.06. The van der Waals surface area contributed by atoms with Gasteiger partial charge in [0, 0.05) is 4.47 Å². The maximum atomic E-state index is 13.7. The van der Waals surface area contributed by atoms with Crippen molar-refractivity contribution in [3.05, 3.63) is 44.9 Å². The molecule has 1 atom stereocenters. The summed E-state index contributed by atoms with van der Waals surface area (Å²) < 4.78 is 16.7. The number of aromatic nitrogens is 2. The van der Waals surface area contributed by atoms with Crippen LogP contribution in [0, 0.1) is 12.7 Å². The molecule has 1 aromatic heterocycles. The van der Waals surface area contributed by atoms with Gasteiger partial charge in [-0.25, -0.2) is 4.39 Å². The number of benzene rings is 1. The monoisotopic (exact) mass is 403 g/mol. The van der Waals surface area contributed by atoms with E-state index in [9.17, 15) is 9.18 Å². The number of halogens is 3. The molecule has 1 unspecified atom stereocenters. The minimum Gasteiger partial charge on any atom is -0.322 e. The number of carbonyl (C=O) groups excluding carboxylic acids is 1. The highest BCUT2D eigenvalue weighted by Crippen LogP contribution is 2.22. The Kier molecular flexibility index (Phi) is 4.59. The van der Waals surface area contributed by atoms with Crippen LogP contribution < -0.4 is 5.32 Å². The highest BCUT2D eigenvalue weighted by atomic mass is 79.9. The quantitative estimate of drug-likeness (QED) is 0.838. The molecule has 1 amide bonds. The van der Waals surface area contributed by atoms with Gasteiger partial charge in [-0.15, -0.1) is 0 Å². The highest BCUT2D eigenvalue weighted by Gasteiger charge is 2.19. The van der Waals surface area contributed by atoms with Crippen molar-refractivity contribution in [2.24, 2.45) is 0 Å². The van der Waals surface area contributed by atoms with Gasteiger partial charge < -0.3 is 5.32 Å². The summed E-state index contributed by atoms with van der Waals surface area (Å²) in [6, 6.07) is 3.94. The zero-order chi connectivity index (χ0) is 14.9. The summed E-state index contributed by atoms with van der Waals surface area (Å²) in [6.07, 6.45) is 1.62. The van der Waals surface area contributed by atoms with Crippen LogP contribution in [0.3, 0.4) is 0 Å². The molecule has 0 aliphatic rings. The number of hydrogen-bond donors (Lipinski definition) is 1. The van der Waals surface area contributed by atoms with E-state index < -0.39 is 11.9 Å². The lowest BCUT2D eigenvalue weighted by Gasteiger charge is -2.15. The van der Waals surface area contributed by atoms with Gasteiger partial charge in [-0.05, 0) is 48.0 Å². The second kappa shape index (κ2) is 6.05. The van der Waals surface area contributed by atoms with E-state index in [2.05, 4.69) is 42.3 Å². The van der Waals surface area contributed by atoms with E-state index in [1.54, 1.807) is 23.9 Å². The van der Waals surface area contributed by atoms with Crippen molar-refractivity contribution in [3.8, 4) is 0 Å². The summed E-state index contributed by atoms with van der Waals surface area (Å²) in [5, 5.41) is 6.68. The van der Waals surface area contributed by atoms with E-state index in [1.807, 2.05) is 6.92 Å². The smallest absolute Gasteiger partial charge is 0.249 e. The summed E-state index contributed by atoms with van der Waals surface area (Å²) in [5.41, 5.74) is 0.984. The van der Waals surface area contributed by atoms with Crippen LogP contribution in [0.4, 0.5) is 10.1 Å². The Morgan fingerprint density at radius 3 is 2.70 bits per heavy atom. The predicted molar refractivity (Wildman–Crippen MR) is 82.1 cm³/mol. The third-order valence-electron chi connectivity index (χ3n) is 2.92. The number of hydrogen-bond acceptors (Lipinski definition) is 2. The molecule has 0 saturated carbocycles. The molecule has 0 bridgehead atoms. The molecule has 4 nitrogen and oxygen atoms in total. The minimum absolute atomic E-state index is 0.147. The third kappa shape index (κ3) is 3.09. The Labute approximate surface area is 132 Å². The Hall–Kier alpha value is -1.21. The van der Waals surface area contributed by atoms with E-state index in [0.717, 1.165) is 10.2 Å². The van der Waals surface area contributed by atoms with Crippen molar-refractivity contribution in [3.63, 3.8) is 0 Å². The number of rotatable bonds is 3. The van der Waals surface area contributed by atoms with Gasteiger partial charge in [0.15, 0.2) is 0 Å². The fraction of sp³-hybridized carbons (Fsp3) is 0.231. The summed E-state index contributed by atoms with van der Waals surface area (Å²) in [6.45, 7) is 3.56. The first-order valence-electron chi connectivity index (χ1n) is 5.85. The van der Waals surface area contributed by atoms with E-state index in [-0.39, 0.29) is 11.6 Å². The number of amides is 1. The molecule has 0 aliphatic heterocycles. The molecule has 2 rings (SSSR count).